The second-order valence-electron chi connectivity index (χ2n) is 7.18. The second-order valence-corrected chi connectivity index (χ2v) is 7.18. The Morgan fingerprint density at radius 2 is 2.04 bits per heavy atom. The minimum Gasteiger partial charge on any atom is -0.349 e. The predicted octanol–water partition coefficient (Wildman–Crippen LogP) is 3.84. The van der Waals surface area contributed by atoms with Crippen molar-refractivity contribution in [1.29, 1.82) is 0 Å². The summed E-state index contributed by atoms with van der Waals surface area (Å²) in [5, 5.41) is 6.61. The fraction of sp³-hybridized carbons (Fsp3) is 0.650. The van der Waals surface area contributed by atoms with E-state index in [-0.39, 0.29) is 11.9 Å². The van der Waals surface area contributed by atoms with Crippen LogP contribution in [0.2, 0.25) is 0 Å². The van der Waals surface area contributed by atoms with Crippen LogP contribution >= 0.6 is 0 Å². The van der Waals surface area contributed by atoms with Crippen LogP contribution in [0.1, 0.15) is 63.6 Å². The summed E-state index contributed by atoms with van der Waals surface area (Å²) in [6.07, 6.45) is 5.14. The maximum absolute atomic E-state index is 12.3. The molecule has 2 unspecified atom stereocenters. The molecule has 1 amide bonds. The van der Waals surface area contributed by atoms with E-state index in [4.69, 9.17) is 0 Å². The van der Waals surface area contributed by atoms with Crippen molar-refractivity contribution >= 4 is 5.91 Å². The Bertz CT molecular complexity index is 475. The van der Waals surface area contributed by atoms with Gasteiger partial charge in [-0.1, -0.05) is 51.5 Å². The van der Waals surface area contributed by atoms with Gasteiger partial charge < -0.3 is 10.6 Å². The lowest BCUT2D eigenvalue weighted by atomic mass is 9.94. The van der Waals surface area contributed by atoms with E-state index in [0.29, 0.717) is 18.3 Å². The third-order valence-corrected chi connectivity index (χ3v) is 4.80. The average Bonchev–Trinajstić information content (AvgIpc) is 3.05. The van der Waals surface area contributed by atoms with Gasteiger partial charge in [-0.25, -0.2) is 0 Å². The van der Waals surface area contributed by atoms with Crippen LogP contribution in [0.5, 0.6) is 0 Å². The zero-order valence-corrected chi connectivity index (χ0v) is 14.9. The molecule has 1 heterocycles. The lowest BCUT2D eigenvalue weighted by Crippen LogP contribution is -2.32. The Labute approximate surface area is 141 Å². The predicted molar refractivity (Wildman–Crippen MR) is 96.4 cm³/mol. The van der Waals surface area contributed by atoms with E-state index < -0.39 is 0 Å². The van der Waals surface area contributed by atoms with Crippen LogP contribution in [-0.2, 0) is 11.2 Å². The first-order chi connectivity index (χ1) is 11.1. The van der Waals surface area contributed by atoms with Gasteiger partial charge in [0.2, 0.25) is 5.91 Å². The molecule has 0 radical (unpaired) electrons. The molecule has 1 aliphatic rings. The summed E-state index contributed by atoms with van der Waals surface area (Å²) in [7, 11) is 0. The number of hydrogen-bond donors (Lipinski definition) is 2. The summed E-state index contributed by atoms with van der Waals surface area (Å²) >= 11 is 0. The summed E-state index contributed by atoms with van der Waals surface area (Å²) in [6.45, 7) is 8.72. The molecule has 1 aromatic rings. The number of aryl methyl sites for hydroxylation is 1. The molecule has 1 aliphatic heterocycles. The van der Waals surface area contributed by atoms with Crippen molar-refractivity contribution in [2.75, 3.05) is 13.1 Å². The van der Waals surface area contributed by atoms with Crippen LogP contribution < -0.4 is 10.6 Å². The van der Waals surface area contributed by atoms with Crippen LogP contribution in [0.4, 0.5) is 0 Å². The largest absolute Gasteiger partial charge is 0.349 e. The van der Waals surface area contributed by atoms with Gasteiger partial charge in [-0.05, 0) is 55.3 Å². The van der Waals surface area contributed by atoms with Crippen molar-refractivity contribution in [2.24, 2.45) is 11.8 Å². The van der Waals surface area contributed by atoms with Gasteiger partial charge in [-0.3, -0.25) is 4.79 Å². The molecule has 0 spiro atoms. The standard InChI is InChI=1S/C20H32N2O/c1-4-5-16-6-9-18(10-7-16)20(15(2)3)22-19(23)11-8-17-12-13-21-14-17/h6-7,9-10,15,17,20-21H,4-5,8,11-14H2,1-3H3,(H,22,23). The number of carbonyl (C=O) groups excluding carboxylic acids is 1. The zero-order valence-electron chi connectivity index (χ0n) is 14.9. The molecule has 1 saturated heterocycles. The number of carbonyl (C=O) groups is 1. The minimum absolute atomic E-state index is 0.111. The van der Waals surface area contributed by atoms with E-state index in [1.807, 2.05) is 0 Å². The van der Waals surface area contributed by atoms with Crippen LogP contribution in [0.3, 0.4) is 0 Å². The van der Waals surface area contributed by atoms with Crippen molar-refractivity contribution in [3.63, 3.8) is 0 Å². The molecule has 0 saturated carbocycles. The lowest BCUT2D eigenvalue weighted by Gasteiger charge is -2.23. The Hall–Kier alpha value is -1.35. The number of amides is 1. The molecule has 2 rings (SSSR count). The Morgan fingerprint density at radius 1 is 1.30 bits per heavy atom. The highest BCUT2D eigenvalue weighted by Crippen LogP contribution is 2.23. The van der Waals surface area contributed by atoms with Crippen molar-refractivity contribution < 1.29 is 4.79 Å². The summed E-state index contributed by atoms with van der Waals surface area (Å²) in [5.74, 6) is 1.25. The smallest absolute Gasteiger partial charge is 0.220 e. The van der Waals surface area contributed by atoms with Gasteiger partial charge in [0.25, 0.3) is 0 Å². The van der Waals surface area contributed by atoms with Gasteiger partial charge in [0, 0.05) is 6.42 Å². The number of nitrogens with one attached hydrogen (secondary N) is 2. The molecule has 23 heavy (non-hydrogen) atoms. The monoisotopic (exact) mass is 316 g/mol. The molecule has 2 atom stereocenters. The van der Waals surface area contributed by atoms with Crippen LogP contribution in [0.15, 0.2) is 24.3 Å². The third kappa shape index (κ3) is 5.65. The highest BCUT2D eigenvalue weighted by Gasteiger charge is 2.20. The molecule has 1 fully saturated rings. The molecule has 0 aromatic heterocycles. The summed E-state index contributed by atoms with van der Waals surface area (Å²) in [5.41, 5.74) is 2.59. The normalized spacial score (nSPS) is 19.0. The lowest BCUT2D eigenvalue weighted by molar-refractivity contribution is -0.122. The maximum Gasteiger partial charge on any atom is 0.220 e. The van der Waals surface area contributed by atoms with Crippen molar-refractivity contribution in [3.05, 3.63) is 35.4 Å². The molecule has 2 N–H and O–H groups in total. The molecule has 3 heteroatoms. The van der Waals surface area contributed by atoms with E-state index >= 15 is 0 Å². The number of rotatable bonds is 8. The fourth-order valence-corrected chi connectivity index (χ4v) is 3.36. The number of hydrogen-bond acceptors (Lipinski definition) is 2. The second kappa shape index (κ2) is 9.07. The molecule has 0 bridgehead atoms. The average molecular weight is 316 g/mol. The van der Waals surface area contributed by atoms with Crippen molar-refractivity contribution in [1.82, 2.24) is 10.6 Å². The summed E-state index contributed by atoms with van der Waals surface area (Å²) < 4.78 is 0. The van der Waals surface area contributed by atoms with Gasteiger partial charge >= 0.3 is 0 Å². The van der Waals surface area contributed by atoms with Crippen molar-refractivity contribution in [3.8, 4) is 0 Å². The Kier molecular flexibility index (Phi) is 7.10. The van der Waals surface area contributed by atoms with Crippen LogP contribution in [-0.4, -0.2) is 19.0 Å². The topological polar surface area (TPSA) is 41.1 Å². The first kappa shape index (κ1) is 18.0. The van der Waals surface area contributed by atoms with E-state index in [2.05, 4.69) is 55.7 Å². The van der Waals surface area contributed by atoms with E-state index in [9.17, 15) is 4.79 Å². The quantitative estimate of drug-likeness (QED) is 0.765. The summed E-state index contributed by atoms with van der Waals surface area (Å²) in [6, 6.07) is 8.86. The highest BCUT2D eigenvalue weighted by atomic mass is 16.1. The molecule has 3 nitrogen and oxygen atoms in total. The highest BCUT2D eigenvalue weighted by molar-refractivity contribution is 5.76. The Balaban J connectivity index is 1.90. The first-order valence-corrected chi connectivity index (χ1v) is 9.19. The molecular weight excluding hydrogens is 284 g/mol. The maximum atomic E-state index is 12.3. The molecule has 128 valence electrons. The van der Waals surface area contributed by atoms with E-state index in [1.54, 1.807) is 0 Å². The minimum atomic E-state index is 0.111. The first-order valence-electron chi connectivity index (χ1n) is 9.19. The van der Waals surface area contributed by atoms with Gasteiger partial charge in [0.15, 0.2) is 0 Å². The molecule has 1 aromatic carbocycles. The van der Waals surface area contributed by atoms with Crippen molar-refractivity contribution in [2.45, 2.75) is 58.9 Å². The summed E-state index contributed by atoms with van der Waals surface area (Å²) in [4.78, 5) is 12.3. The van der Waals surface area contributed by atoms with Gasteiger partial charge in [0.1, 0.15) is 0 Å². The molecular formula is C20H32N2O. The van der Waals surface area contributed by atoms with E-state index in [1.165, 1.54) is 24.0 Å². The van der Waals surface area contributed by atoms with Gasteiger partial charge in [-0.15, -0.1) is 0 Å². The van der Waals surface area contributed by atoms with Crippen LogP contribution in [0, 0.1) is 11.8 Å². The van der Waals surface area contributed by atoms with Gasteiger partial charge in [0.05, 0.1) is 6.04 Å². The SMILES string of the molecule is CCCc1ccc(C(NC(=O)CCC2CCNC2)C(C)C)cc1. The third-order valence-electron chi connectivity index (χ3n) is 4.80. The fourth-order valence-electron chi connectivity index (χ4n) is 3.36. The number of benzene rings is 1. The molecule has 0 aliphatic carbocycles. The van der Waals surface area contributed by atoms with Crippen LogP contribution in [0.25, 0.3) is 0 Å². The Morgan fingerprint density at radius 3 is 2.61 bits per heavy atom. The zero-order chi connectivity index (χ0) is 16.7. The van der Waals surface area contributed by atoms with E-state index in [0.717, 1.165) is 25.9 Å². The van der Waals surface area contributed by atoms with Gasteiger partial charge in [-0.2, -0.15) is 0 Å².